The lowest BCUT2D eigenvalue weighted by Gasteiger charge is -2.34. The molecule has 2 aliphatic rings. The molecule has 0 amide bonds. The van der Waals surface area contributed by atoms with Gasteiger partial charge in [0.1, 0.15) is 11.5 Å². The average molecular weight is 503 g/mol. The average Bonchev–Trinajstić information content (AvgIpc) is 3.25. The minimum atomic E-state index is -2.99. The molecule has 0 spiro atoms. The summed E-state index contributed by atoms with van der Waals surface area (Å²) in [7, 11) is -5.83. The largest absolute Gasteiger partial charge is 0.481 e. The van der Waals surface area contributed by atoms with Crippen LogP contribution >= 0.6 is 14.3 Å². The van der Waals surface area contributed by atoms with Gasteiger partial charge < -0.3 is 18.6 Å². The van der Waals surface area contributed by atoms with E-state index in [0.717, 1.165) is 40.3 Å². The topological polar surface area (TPSA) is 52.6 Å². The first-order valence-corrected chi connectivity index (χ1v) is 16.4. The van der Waals surface area contributed by atoms with Crippen LogP contribution in [0.1, 0.15) is 68.2 Å². The summed E-state index contributed by atoms with van der Waals surface area (Å²) in [5.74, 6) is 0.982. The van der Waals surface area contributed by atoms with Gasteiger partial charge in [-0.1, -0.05) is 86.1 Å². The molecular formula is C28H40O4P2. The Morgan fingerprint density at radius 1 is 0.824 bits per heavy atom. The van der Waals surface area contributed by atoms with Crippen LogP contribution in [0.15, 0.2) is 36.4 Å². The first-order chi connectivity index (χ1) is 15.9. The molecule has 2 aromatic carbocycles. The van der Waals surface area contributed by atoms with Gasteiger partial charge in [0.25, 0.3) is 0 Å². The summed E-state index contributed by atoms with van der Waals surface area (Å²) in [6, 6.07) is 11.9. The fourth-order valence-corrected chi connectivity index (χ4v) is 13.3. The Hall–Kier alpha value is -1.50. The molecule has 4 atom stereocenters. The Morgan fingerprint density at radius 3 is 1.82 bits per heavy atom. The van der Waals surface area contributed by atoms with E-state index in [9.17, 15) is 4.57 Å². The van der Waals surface area contributed by atoms with E-state index in [2.05, 4.69) is 55.4 Å². The normalized spacial score (nSPS) is 28.1. The number of unbranched alkanes of at least 4 members (excludes halogenated alkanes) is 1. The second-order valence-corrected chi connectivity index (χ2v) is 18.1. The standard InChI is InChI=1S/C28H40O4P2/c1-9-10-17-33(29)24-20(13-11-15-22(24)31-26(33)18(2)3)21-14-12-16-23-25(21)34(30,28(6,7)8)27(32-23)19(4)5/h11-16,18-19,26-27H,9-10,17H2,1-8H3/t26-,27-,33+,34+/m0/s1. The predicted octanol–water partition coefficient (Wildman–Crippen LogP) is 7.68. The molecule has 0 radical (unpaired) electrons. The van der Waals surface area contributed by atoms with E-state index in [1.807, 2.05) is 36.4 Å². The molecule has 0 bridgehead atoms. The quantitative estimate of drug-likeness (QED) is 0.380. The van der Waals surface area contributed by atoms with Crippen molar-refractivity contribution in [1.29, 1.82) is 0 Å². The van der Waals surface area contributed by atoms with Crippen molar-refractivity contribution in [3.8, 4) is 22.6 Å². The minimum absolute atomic E-state index is 0.108. The van der Waals surface area contributed by atoms with Gasteiger partial charge in [0, 0.05) is 11.3 Å². The lowest BCUT2D eigenvalue weighted by atomic mass is 10.0. The van der Waals surface area contributed by atoms with Crippen molar-refractivity contribution >= 4 is 24.9 Å². The number of fused-ring (bicyclic) bond motifs is 2. The number of ether oxygens (including phenoxy) is 2. The summed E-state index contributed by atoms with van der Waals surface area (Å²) in [5.41, 5.74) is 1.79. The molecule has 2 aliphatic heterocycles. The Labute approximate surface area is 205 Å². The molecule has 0 unspecified atom stereocenters. The highest BCUT2D eigenvalue weighted by Gasteiger charge is 2.55. The lowest BCUT2D eigenvalue weighted by Crippen LogP contribution is -2.31. The fourth-order valence-electron chi connectivity index (χ4n) is 5.60. The molecule has 34 heavy (non-hydrogen) atoms. The van der Waals surface area contributed by atoms with Crippen molar-refractivity contribution in [1.82, 2.24) is 0 Å². The second-order valence-electron chi connectivity index (χ2n) is 11.5. The minimum Gasteiger partial charge on any atom is -0.481 e. The molecule has 0 saturated carbocycles. The van der Waals surface area contributed by atoms with Gasteiger partial charge in [0.05, 0.1) is 10.6 Å². The number of hydrogen-bond acceptors (Lipinski definition) is 4. The van der Waals surface area contributed by atoms with Crippen molar-refractivity contribution in [2.45, 2.75) is 85.1 Å². The number of hydrogen-bond donors (Lipinski definition) is 0. The maximum Gasteiger partial charge on any atom is 0.163 e. The Bertz CT molecular complexity index is 1180. The van der Waals surface area contributed by atoms with Crippen LogP contribution < -0.4 is 20.1 Å². The fraction of sp³-hybridized carbons (Fsp3) is 0.571. The summed E-state index contributed by atoms with van der Waals surface area (Å²) >= 11 is 0. The van der Waals surface area contributed by atoms with E-state index in [-0.39, 0.29) is 23.5 Å². The maximum atomic E-state index is 15.0. The summed E-state index contributed by atoms with van der Waals surface area (Å²) in [4.78, 5) is 0. The zero-order valence-corrected chi connectivity index (χ0v) is 23.7. The zero-order valence-electron chi connectivity index (χ0n) is 21.9. The molecule has 4 nitrogen and oxygen atoms in total. The molecule has 0 saturated heterocycles. The van der Waals surface area contributed by atoms with Gasteiger partial charge in [-0.25, -0.2) is 0 Å². The van der Waals surface area contributed by atoms with Gasteiger partial charge in [0.2, 0.25) is 0 Å². The summed E-state index contributed by atoms with van der Waals surface area (Å²) in [6.45, 7) is 16.6. The molecule has 0 N–H and O–H groups in total. The van der Waals surface area contributed by atoms with Crippen LogP contribution in [0.4, 0.5) is 0 Å². The molecule has 6 heteroatoms. The predicted molar refractivity (Wildman–Crippen MR) is 144 cm³/mol. The molecular weight excluding hydrogens is 462 g/mol. The lowest BCUT2D eigenvalue weighted by molar-refractivity contribution is 0.232. The van der Waals surface area contributed by atoms with Gasteiger partial charge >= 0.3 is 0 Å². The molecule has 2 heterocycles. The Balaban J connectivity index is 2.01. The molecule has 0 aliphatic carbocycles. The highest BCUT2D eigenvalue weighted by molar-refractivity contribution is 7.74. The van der Waals surface area contributed by atoms with Crippen molar-refractivity contribution in [2.75, 3.05) is 6.16 Å². The first kappa shape index (κ1) is 25.6. The van der Waals surface area contributed by atoms with Gasteiger partial charge in [0.15, 0.2) is 26.0 Å². The van der Waals surface area contributed by atoms with Crippen LogP contribution in [0.5, 0.6) is 11.5 Å². The van der Waals surface area contributed by atoms with Crippen LogP contribution in [-0.2, 0) is 9.13 Å². The van der Waals surface area contributed by atoms with Gasteiger partial charge in [-0.05, 0) is 41.5 Å². The molecule has 0 aromatic heterocycles. The molecule has 2 aromatic rings. The Morgan fingerprint density at radius 2 is 1.32 bits per heavy atom. The molecule has 4 rings (SSSR count). The van der Waals surface area contributed by atoms with E-state index in [1.54, 1.807) is 0 Å². The van der Waals surface area contributed by atoms with Crippen molar-refractivity contribution in [3.63, 3.8) is 0 Å². The van der Waals surface area contributed by atoms with Crippen molar-refractivity contribution in [3.05, 3.63) is 36.4 Å². The highest BCUT2D eigenvalue weighted by Crippen LogP contribution is 2.69. The van der Waals surface area contributed by atoms with E-state index in [1.165, 1.54) is 0 Å². The summed E-state index contributed by atoms with van der Waals surface area (Å²) in [5, 5.41) is 1.18. The monoisotopic (exact) mass is 502 g/mol. The third kappa shape index (κ3) is 3.72. The number of benzene rings is 2. The number of rotatable bonds is 6. The van der Waals surface area contributed by atoms with Crippen LogP contribution in [0.3, 0.4) is 0 Å². The van der Waals surface area contributed by atoms with E-state index in [4.69, 9.17) is 9.47 Å². The van der Waals surface area contributed by atoms with Crippen LogP contribution in [0, 0.1) is 11.8 Å². The van der Waals surface area contributed by atoms with Crippen LogP contribution in [0.2, 0.25) is 0 Å². The van der Waals surface area contributed by atoms with E-state index < -0.39 is 19.4 Å². The van der Waals surface area contributed by atoms with Crippen molar-refractivity contribution in [2.24, 2.45) is 11.8 Å². The first-order valence-electron chi connectivity index (χ1n) is 12.7. The molecule has 186 valence electrons. The SMILES string of the molecule is CCCC[P@@]1(=O)c2c(cccc2-c2cccc3c2[P@](=O)(C(C)(C)C)[C@@H](C(C)C)O3)O[C@@H]1C(C)C. The van der Waals surface area contributed by atoms with E-state index >= 15 is 4.57 Å². The summed E-state index contributed by atoms with van der Waals surface area (Å²) < 4.78 is 42.6. The highest BCUT2D eigenvalue weighted by atomic mass is 31.2. The van der Waals surface area contributed by atoms with Gasteiger partial charge in [-0.15, -0.1) is 0 Å². The van der Waals surface area contributed by atoms with Crippen LogP contribution in [-0.4, -0.2) is 23.0 Å². The maximum absolute atomic E-state index is 15.0. The van der Waals surface area contributed by atoms with Gasteiger partial charge in [-0.3, -0.25) is 0 Å². The second kappa shape index (κ2) is 8.86. The summed E-state index contributed by atoms with van der Waals surface area (Å²) in [6.07, 6.45) is 2.51. The molecule has 0 fully saturated rings. The Kier molecular flexibility index (Phi) is 6.67. The van der Waals surface area contributed by atoms with E-state index in [0.29, 0.717) is 11.9 Å². The van der Waals surface area contributed by atoms with Crippen molar-refractivity contribution < 1.29 is 18.6 Å². The van der Waals surface area contributed by atoms with Gasteiger partial charge in [-0.2, -0.15) is 0 Å². The zero-order chi connectivity index (χ0) is 25.1. The smallest absolute Gasteiger partial charge is 0.163 e. The van der Waals surface area contributed by atoms with Crippen LogP contribution in [0.25, 0.3) is 11.1 Å². The third-order valence-corrected chi connectivity index (χ3v) is 15.5. The third-order valence-electron chi connectivity index (χ3n) is 7.24.